The molecule has 1 aromatic heterocycles. The lowest BCUT2D eigenvalue weighted by Crippen LogP contribution is -2.45. The van der Waals surface area contributed by atoms with Crippen LogP contribution in [-0.2, 0) is 6.42 Å². The molecule has 1 aliphatic carbocycles. The summed E-state index contributed by atoms with van der Waals surface area (Å²) >= 11 is 0. The molecule has 1 fully saturated rings. The Hall–Kier alpha value is -1.09. The first-order chi connectivity index (χ1) is 7.31. The van der Waals surface area contributed by atoms with Crippen LogP contribution < -0.4 is 10.1 Å². The number of aryl methyl sites for hydroxylation is 1. The van der Waals surface area contributed by atoms with Gasteiger partial charge in [0.15, 0.2) is 0 Å². The quantitative estimate of drug-likeness (QED) is 0.815. The number of nitrogens with zero attached hydrogens (tertiary/aromatic N) is 1. The first-order valence-electron chi connectivity index (χ1n) is 5.60. The number of pyridine rings is 1. The van der Waals surface area contributed by atoms with E-state index in [2.05, 4.69) is 17.2 Å². The Balaban J connectivity index is 1.88. The lowest BCUT2D eigenvalue weighted by Gasteiger charge is -2.34. The zero-order valence-electron chi connectivity index (χ0n) is 9.36. The topological polar surface area (TPSA) is 34.1 Å². The molecule has 0 spiro atoms. The highest BCUT2D eigenvalue weighted by molar-refractivity contribution is 5.20. The number of aromatic nitrogens is 1. The maximum atomic E-state index is 5.77. The van der Waals surface area contributed by atoms with Crippen LogP contribution >= 0.6 is 0 Å². The van der Waals surface area contributed by atoms with Gasteiger partial charge in [-0.3, -0.25) is 0 Å². The van der Waals surface area contributed by atoms with E-state index < -0.39 is 0 Å². The van der Waals surface area contributed by atoms with Crippen LogP contribution in [0.15, 0.2) is 18.3 Å². The van der Waals surface area contributed by atoms with Crippen molar-refractivity contribution in [1.29, 1.82) is 0 Å². The Morgan fingerprint density at radius 1 is 1.53 bits per heavy atom. The summed E-state index contributed by atoms with van der Waals surface area (Å²) in [5.41, 5.74) is 1.28. The van der Waals surface area contributed by atoms with Crippen LogP contribution in [-0.4, -0.2) is 24.2 Å². The number of rotatable bonds is 4. The molecule has 1 aromatic rings. The van der Waals surface area contributed by atoms with Crippen molar-refractivity contribution in [3.05, 3.63) is 23.9 Å². The molecular formula is C12H18N2O. The van der Waals surface area contributed by atoms with E-state index in [1.54, 1.807) is 0 Å². The van der Waals surface area contributed by atoms with Gasteiger partial charge in [-0.25, -0.2) is 4.98 Å². The molecule has 3 nitrogen and oxygen atoms in total. The summed E-state index contributed by atoms with van der Waals surface area (Å²) in [6.07, 6.45) is 5.38. The maximum Gasteiger partial charge on any atom is 0.213 e. The van der Waals surface area contributed by atoms with Crippen molar-refractivity contribution in [3.63, 3.8) is 0 Å². The van der Waals surface area contributed by atoms with E-state index in [1.807, 2.05) is 25.4 Å². The second kappa shape index (κ2) is 4.62. The predicted octanol–water partition coefficient (Wildman–Crippen LogP) is 1.77. The molecule has 82 valence electrons. The van der Waals surface area contributed by atoms with E-state index in [4.69, 9.17) is 4.74 Å². The third kappa shape index (κ3) is 2.48. The highest BCUT2D eigenvalue weighted by atomic mass is 16.5. The van der Waals surface area contributed by atoms with Crippen molar-refractivity contribution < 1.29 is 4.74 Å². The summed E-state index contributed by atoms with van der Waals surface area (Å²) in [6.45, 7) is 2.14. The van der Waals surface area contributed by atoms with Crippen LogP contribution in [0.5, 0.6) is 5.88 Å². The van der Waals surface area contributed by atoms with Crippen molar-refractivity contribution >= 4 is 0 Å². The van der Waals surface area contributed by atoms with Gasteiger partial charge >= 0.3 is 0 Å². The minimum Gasteiger partial charge on any atom is -0.474 e. The van der Waals surface area contributed by atoms with E-state index in [0.717, 1.165) is 25.1 Å². The van der Waals surface area contributed by atoms with Gasteiger partial charge in [-0.2, -0.15) is 0 Å². The normalized spacial score (nSPS) is 24.7. The molecule has 0 aliphatic heterocycles. The van der Waals surface area contributed by atoms with Gasteiger partial charge in [-0.1, -0.05) is 6.92 Å². The largest absolute Gasteiger partial charge is 0.474 e. The van der Waals surface area contributed by atoms with Crippen LogP contribution in [0.2, 0.25) is 0 Å². The third-order valence-corrected chi connectivity index (χ3v) is 3.00. The highest BCUT2D eigenvalue weighted by Crippen LogP contribution is 2.24. The Labute approximate surface area is 90.9 Å². The first kappa shape index (κ1) is 10.4. The zero-order valence-corrected chi connectivity index (χ0v) is 9.36. The molecule has 15 heavy (non-hydrogen) atoms. The molecular weight excluding hydrogens is 188 g/mol. The fourth-order valence-corrected chi connectivity index (χ4v) is 1.80. The zero-order chi connectivity index (χ0) is 10.7. The molecule has 1 aliphatic rings. The summed E-state index contributed by atoms with van der Waals surface area (Å²) in [7, 11) is 2.00. The molecule has 0 unspecified atom stereocenters. The molecule has 1 heterocycles. The van der Waals surface area contributed by atoms with Gasteiger partial charge in [0.25, 0.3) is 0 Å². The number of hydrogen-bond acceptors (Lipinski definition) is 3. The minimum absolute atomic E-state index is 0.349. The average Bonchev–Trinajstić information content (AvgIpc) is 2.23. The van der Waals surface area contributed by atoms with Crippen molar-refractivity contribution in [2.75, 3.05) is 7.05 Å². The molecule has 0 atom stereocenters. The van der Waals surface area contributed by atoms with E-state index in [9.17, 15) is 0 Å². The van der Waals surface area contributed by atoms with Gasteiger partial charge in [0.05, 0.1) is 0 Å². The maximum absolute atomic E-state index is 5.77. The highest BCUT2D eigenvalue weighted by Gasteiger charge is 2.29. The lowest BCUT2D eigenvalue weighted by atomic mass is 9.89. The van der Waals surface area contributed by atoms with Crippen LogP contribution in [0.4, 0.5) is 0 Å². The van der Waals surface area contributed by atoms with Crippen LogP contribution in [0, 0.1) is 0 Å². The van der Waals surface area contributed by atoms with Crippen molar-refractivity contribution in [2.45, 2.75) is 38.3 Å². The molecule has 0 amide bonds. The van der Waals surface area contributed by atoms with Crippen LogP contribution in [0.1, 0.15) is 25.3 Å². The molecule has 0 bridgehead atoms. The Morgan fingerprint density at radius 3 is 3.00 bits per heavy atom. The standard InChI is InChI=1S/C12H18N2O/c1-3-9-4-5-14-12(6-9)15-11-7-10(8-11)13-2/h4-6,10-11,13H,3,7-8H2,1-2H3. The van der Waals surface area contributed by atoms with Gasteiger partial charge < -0.3 is 10.1 Å². The molecule has 1 N–H and O–H groups in total. The smallest absolute Gasteiger partial charge is 0.213 e. The van der Waals surface area contributed by atoms with E-state index in [0.29, 0.717) is 12.1 Å². The number of ether oxygens (including phenoxy) is 1. The second-order valence-electron chi connectivity index (χ2n) is 4.05. The van der Waals surface area contributed by atoms with Gasteiger partial charge in [0.2, 0.25) is 5.88 Å². The Morgan fingerprint density at radius 2 is 2.33 bits per heavy atom. The molecule has 2 rings (SSSR count). The summed E-state index contributed by atoms with van der Waals surface area (Å²) < 4.78 is 5.77. The lowest BCUT2D eigenvalue weighted by molar-refractivity contribution is 0.0838. The monoisotopic (exact) mass is 206 g/mol. The summed E-state index contributed by atoms with van der Waals surface area (Å²) in [4.78, 5) is 4.22. The number of nitrogens with one attached hydrogen (secondary N) is 1. The fraction of sp³-hybridized carbons (Fsp3) is 0.583. The van der Waals surface area contributed by atoms with Gasteiger partial charge in [0.1, 0.15) is 6.10 Å². The minimum atomic E-state index is 0.349. The number of hydrogen-bond donors (Lipinski definition) is 1. The van der Waals surface area contributed by atoms with Crippen LogP contribution in [0.25, 0.3) is 0 Å². The fourth-order valence-electron chi connectivity index (χ4n) is 1.80. The van der Waals surface area contributed by atoms with Crippen molar-refractivity contribution in [3.8, 4) is 5.88 Å². The summed E-state index contributed by atoms with van der Waals surface area (Å²) in [5, 5.41) is 3.24. The first-order valence-corrected chi connectivity index (χ1v) is 5.60. The second-order valence-corrected chi connectivity index (χ2v) is 4.05. The average molecular weight is 206 g/mol. The third-order valence-electron chi connectivity index (χ3n) is 3.00. The Bertz CT molecular complexity index is 321. The molecule has 1 saturated carbocycles. The predicted molar refractivity (Wildman–Crippen MR) is 60.1 cm³/mol. The van der Waals surface area contributed by atoms with Gasteiger partial charge in [0, 0.05) is 18.3 Å². The van der Waals surface area contributed by atoms with Crippen molar-refractivity contribution in [1.82, 2.24) is 10.3 Å². The summed E-state index contributed by atoms with van der Waals surface area (Å²) in [6, 6.07) is 4.70. The van der Waals surface area contributed by atoms with E-state index in [1.165, 1.54) is 5.56 Å². The van der Waals surface area contributed by atoms with Gasteiger partial charge in [-0.15, -0.1) is 0 Å². The van der Waals surface area contributed by atoms with Gasteiger partial charge in [-0.05, 0) is 37.9 Å². The van der Waals surface area contributed by atoms with Crippen LogP contribution in [0.3, 0.4) is 0 Å². The molecule has 0 radical (unpaired) electrons. The molecule has 0 aromatic carbocycles. The SMILES string of the molecule is CCc1ccnc(OC2CC(NC)C2)c1. The summed E-state index contributed by atoms with van der Waals surface area (Å²) in [5.74, 6) is 0.772. The van der Waals surface area contributed by atoms with E-state index in [-0.39, 0.29) is 0 Å². The van der Waals surface area contributed by atoms with Crippen molar-refractivity contribution in [2.24, 2.45) is 0 Å². The Kier molecular flexibility index (Phi) is 3.21. The molecule has 0 saturated heterocycles. The van der Waals surface area contributed by atoms with E-state index >= 15 is 0 Å². The molecule has 3 heteroatoms.